The van der Waals surface area contributed by atoms with E-state index in [0.29, 0.717) is 6.54 Å². The van der Waals surface area contributed by atoms with Gasteiger partial charge in [0.25, 0.3) is 0 Å². The first kappa shape index (κ1) is 12.3. The largest absolute Gasteiger partial charge is 0.326 e. The van der Waals surface area contributed by atoms with Crippen molar-refractivity contribution in [2.75, 3.05) is 18.8 Å². The fourth-order valence-corrected chi connectivity index (χ4v) is 3.97. The second-order valence-electron chi connectivity index (χ2n) is 2.74. The predicted molar refractivity (Wildman–Crippen MR) is 69.7 cm³/mol. The van der Waals surface area contributed by atoms with Crippen molar-refractivity contribution in [3.05, 3.63) is 17.7 Å². The molecule has 0 aliphatic heterocycles. The van der Waals surface area contributed by atoms with Gasteiger partial charge in [0.2, 0.25) is 0 Å². The highest BCUT2D eigenvalue weighted by atomic mass is 32.2. The van der Waals surface area contributed by atoms with Crippen molar-refractivity contribution in [3.8, 4) is 0 Å². The molecule has 0 radical (unpaired) electrons. The summed E-state index contributed by atoms with van der Waals surface area (Å²) in [6.07, 6.45) is 6.34. The van der Waals surface area contributed by atoms with Crippen LogP contribution >= 0.6 is 35.3 Å². The predicted octanol–water partition coefficient (Wildman–Crippen LogP) is 3.31. The number of nitrogens with two attached hydrogens (primary N) is 1. The molecular weight excluding hydrogens is 230 g/mol. The van der Waals surface area contributed by atoms with Gasteiger partial charge in [-0.15, -0.1) is 35.3 Å². The lowest BCUT2D eigenvalue weighted by Gasteiger charge is -2.11. The third-order valence-electron chi connectivity index (χ3n) is 1.96. The Labute approximate surface area is 98.6 Å². The van der Waals surface area contributed by atoms with E-state index in [1.165, 1.54) is 20.2 Å². The Morgan fingerprint density at radius 1 is 1.00 bits per heavy atom. The zero-order chi connectivity index (χ0) is 10.6. The van der Waals surface area contributed by atoms with Gasteiger partial charge in [-0.2, -0.15) is 0 Å². The van der Waals surface area contributed by atoms with Crippen molar-refractivity contribution in [2.24, 2.45) is 5.73 Å². The lowest BCUT2D eigenvalue weighted by Crippen LogP contribution is -1.97. The topological polar surface area (TPSA) is 26.0 Å². The molecule has 0 aliphatic rings. The van der Waals surface area contributed by atoms with E-state index in [9.17, 15) is 0 Å². The van der Waals surface area contributed by atoms with Crippen molar-refractivity contribution in [1.82, 2.24) is 0 Å². The molecule has 0 aromatic heterocycles. The maximum Gasteiger partial charge on any atom is 0.0341 e. The van der Waals surface area contributed by atoms with Gasteiger partial charge < -0.3 is 5.73 Å². The molecule has 0 atom stereocenters. The molecule has 0 bridgehead atoms. The summed E-state index contributed by atoms with van der Waals surface area (Å²) in [4.78, 5) is 4.05. The van der Waals surface area contributed by atoms with Gasteiger partial charge in [0.15, 0.2) is 0 Å². The van der Waals surface area contributed by atoms with Gasteiger partial charge in [0, 0.05) is 21.2 Å². The highest BCUT2D eigenvalue weighted by molar-refractivity contribution is 8.03. The molecule has 0 aliphatic carbocycles. The molecule has 0 saturated heterocycles. The Morgan fingerprint density at radius 3 is 1.79 bits per heavy atom. The van der Waals surface area contributed by atoms with Crippen LogP contribution in [-0.2, 0) is 6.54 Å². The van der Waals surface area contributed by atoms with Crippen molar-refractivity contribution >= 4 is 35.3 Å². The molecule has 78 valence electrons. The third kappa shape index (κ3) is 2.63. The van der Waals surface area contributed by atoms with Crippen LogP contribution in [0.4, 0.5) is 0 Å². The number of rotatable bonds is 4. The smallest absolute Gasteiger partial charge is 0.0341 e. The minimum Gasteiger partial charge on any atom is -0.326 e. The fraction of sp³-hybridized carbons (Fsp3) is 0.400. The molecule has 2 N–H and O–H groups in total. The van der Waals surface area contributed by atoms with Gasteiger partial charge in [-0.25, -0.2) is 0 Å². The van der Waals surface area contributed by atoms with Crippen LogP contribution in [0.15, 0.2) is 26.8 Å². The van der Waals surface area contributed by atoms with Crippen molar-refractivity contribution in [1.29, 1.82) is 0 Å². The summed E-state index contributed by atoms with van der Waals surface area (Å²) in [6.45, 7) is 0.621. The zero-order valence-electron chi connectivity index (χ0n) is 8.66. The molecule has 0 spiro atoms. The molecule has 0 unspecified atom stereocenters. The van der Waals surface area contributed by atoms with Crippen molar-refractivity contribution in [2.45, 2.75) is 21.2 Å². The Hall–Kier alpha value is 0.230. The van der Waals surface area contributed by atoms with Crippen LogP contribution in [0.3, 0.4) is 0 Å². The van der Waals surface area contributed by atoms with Gasteiger partial charge in [0.05, 0.1) is 0 Å². The van der Waals surface area contributed by atoms with Crippen LogP contribution in [0.25, 0.3) is 0 Å². The van der Waals surface area contributed by atoms with E-state index in [0.717, 1.165) is 0 Å². The maximum absolute atomic E-state index is 5.66. The zero-order valence-corrected chi connectivity index (χ0v) is 11.1. The van der Waals surface area contributed by atoms with Gasteiger partial charge in [-0.3, -0.25) is 0 Å². The monoisotopic (exact) mass is 245 g/mol. The van der Waals surface area contributed by atoms with Crippen LogP contribution in [0.5, 0.6) is 0 Å². The first-order valence-corrected chi connectivity index (χ1v) is 7.93. The Bertz CT molecular complexity index is 287. The molecule has 1 nitrogen and oxygen atoms in total. The average Bonchev–Trinajstić information content (AvgIpc) is 2.26. The third-order valence-corrected chi connectivity index (χ3v) is 4.59. The second-order valence-corrected chi connectivity index (χ2v) is 5.25. The summed E-state index contributed by atoms with van der Waals surface area (Å²) in [7, 11) is 0. The fourth-order valence-electron chi connectivity index (χ4n) is 1.25. The van der Waals surface area contributed by atoms with E-state index < -0.39 is 0 Å². The van der Waals surface area contributed by atoms with Crippen LogP contribution in [0.2, 0.25) is 0 Å². The number of benzene rings is 1. The summed E-state index contributed by atoms with van der Waals surface area (Å²) in [6, 6.07) is 4.38. The van der Waals surface area contributed by atoms with E-state index in [1.54, 1.807) is 23.5 Å². The molecule has 0 fully saturated rings. The van der Waals surface area contributed by atoms with E-state index in [4.69, 9.17) is 5.73 Å². The Morgan fingerprint density at radius 2 is 1.50 bits per heavy atom. The SMILES string of the molecule is CSc1cc(CN)cc(SC)c1SC. The van der Waals surface area contributed by atoms with E-state index in [-0.39, 0.29) is 0 Å². The number of hydrogen-bond donors (Lipinski definition) is 1. The Kier molecular flexibility index (Phi) is 5.23. The highest BCUT2D eigenvalue weighted by Gasteiger charge is 2.08. The lowest BCUT2D eigenvalue weighted by molar-refractivity contribution is 1.00. The van der Waals surface area contributed by atoms with Crippen LogP contribution in [0.1, 0.15) is 5.56 Å². The summed E-state index contributed by atoms with van der Waals surface area (Å²) in [5.41, 5.74) is 6.88. The van der Waals surface area contributed by atoms with Gasteiger partial charge >= 0.3 is 0 Å². The van der Waals surface area contributed by atoms with E-state index in [2.05, 4.69) is 30.9 Å². The van der Waals surface area contributed by atoms with E-state index >= 15 is 0 Å². The standard InChI is InChI=1S/C10H15NS3/c1-12-8-4-7(6-11)5-9(13-2)10(8)14-3/h4-5H,6,11H2,1-3H3. The van der Waals surface area contributed by atoms with Crippen molar-refractivity contribution < 1.29 is 0 Å². The van der Waals surface area contributed by atoms with Gasteiger partial charge in [-0.1, -0.05) is 0 Å². The lowest BCUT2D eigenvalue weighted by atomic mass is 10.2. The molecular formula is C10H15NS3. The van der Waals surface area contributed by atoms with Gasteiger partial charge in [0.1, 0.15) is 0 Å². The summed E-state index contributed by atoms with van der Waals surface area (Å²) in [5.74, 6) is 0. The molecule has 1 aromatic rings. The molecule has 1 aromatic carbocycles. The van der Waals surface area contributed by atoms with E-state index in [1.807, 2.05) is 11.8 Å². The Balaban J connectivity index is 3.24. The van der Waals surface area contributed by atoms with Crippen LogP contribution in [0, 0.1) is 0 Å². The average molecular weight is 245 g/mol. The quantitative estimate of drug-likeness (QED) is 0.823. The van der Waals surface area contributed by atoms with Crippen LogP contribution < -0.4 is 5.73 Å². The first-order chi connectivity index (χ1) is 6.76. The van der Waals surface area contributed by atoms with Gasteiger partial charge in [-0.05, 0) is 36.5 Å². The molecule has 4 heteroatoms. The summed E-state index contributed by atoms with van der Waals surface area (Å²) < 4.78 is 0. The first-order valence-electron chi connectivity index (χ1n) is 4.25. The number of hydrogen-bond acceptors (Lipinski definition) is 4. The van der Waals surface area contributed by atoms with Crippen molar-refractivity contribution in [3.63, 3.8) is 0 Å². The minimum absolute atomic E-state index is 0.621. The molecule has 0 heterocycles. The minimum atomic E-state index is 0.621. The van der Waals surface area contributed by atoms with Crippen LogP contribution in [-0.4, -0.2) is 18.8 Å². The molecule has 0 saturated carbocycles. The molecule has 1 rings (SSSR count). The number of thioether (sulfide) groups is 3. The summed E-state index contributed by atoms with van der Waals surface area (Å²) in [5, 5.41) is 0. The summed E-state index contributed by atoms with van der Waals surface area (Å²) >= 11 is 5.39. The normalized spacial score (nSPS) is 10.6. The second kappa shape index (κ2) is 5.95. The molecule has 14 heavy (non-hydrogen) atoms. The maximum atomic E-state index is 5.66. The molecule has 0 amide bonds. The highest BCUT2D eigenvalue weighted by Crippen LogP contribution is 2.37.